The van der Waals surface area contributed by atoms with Gasteiger partial charge in [-0.15, -0.1) is 11.3 Å². The number of thiophene rings is 1. The topological polar surface area (TPSA) is 54.9 Å². The van der Waals surface area contributed by atoms with Gasteiger partial charge in [0.05, 0.1) is 0 Å². The number of aromatic nitrogens is 1. The van der Waals surface area contributed by atoms with Crippen molar-refractivity contribution in [1.29, 1.82) is 0 Å². The van der Waals surface area contributed by atoms with Crippen molar-refractivity contribution >= 4 is 23.1 Å². The number of likely N-dealkylation sites (tertiary alicyclic amines) is 1. The highest BCUT2D eigenvalue weighted by Crippen LogP contribution is 2.41. The van der Waals surface area contributed by atoms with E-state index in [1.165, 1.54) is 26.4 Å². The number of carbonyl (C=O) groups is 1. The van der Waals surface area contributed by atoms with Gasteiger partial charge in [0.2, 0.25) is 5.88 Å². The first-order valence-corrected chi connectivity index (χ1v) is 16.0. The molecule has 5 rings (SSSR count). The van der Waals surface area contributed by atoms with E-state index in [4.69, 9.17) is 14.5 Å². The van der Waals surface area contributed by atoms with E-state index in [1.54, 1.807) is 0 Å². The minimum absolute atomic E-state index is 0.187. The lowest BCUT2D eigenvalue weighted by molar-refractivity contribution is 0.0184. The van der Waals surface area contributed by atoms with Crippen molar-refractivity contribution in [2.45, 2.75) is 86.0 Å². The largest absolute Gasteiger partial charge is 0.473 e. The first-order chi connectivity index (χ1) is 20.0. The number of piperidine rings is 1. The Labute approximate surface area is 255 Å². The summed E-state index contributed by atoms with van der Waals surface area (Å²) in [5.74, 6) is 1.30. The maximum absolute atomic E-state index is 12.5. The molecular weight excluding hydrogens is 542 g/mol. The molecule has 0 atom stereocenters. The average molecular weight is 588 g/mol. The van der Waals surface area contributed by atoms with Crippen LogP contribution in [0.3, 0.4) is 0 Å². The fraction of sp³-hybridized carbons (Fsp3) is 0.486. The van der Waals surface area contributed by atoms with Crippen LogP contribution in [0, 0.1) is 26.7 Å². The molecular formula is C35H45N3O3S. The number of fused-ring (bicyclic) bond motifs is 1. The number of nitrogens with zero attached hydrogens (tertiary/aromatic N) is 3. The summed E-state index contributed by atoms with van der Waals surface area (Å²) in [6, 6.07) is 12.4. The fourth-order valence-electron chi connectivity index (χ4n) is 6.04. The van der Waals surface area contributed by atoms with Crippen molar-refractivity contribution in [2.24, 2.45) is 5.92 Å². The van der Waals surface area contributed by atoms with Crippen LogP contribution in [-0.4, -0.2) is 46.1 Å². The van der Waals surface area contributed by atoms with Gasteiger partial charge in [-0.25, -0.2) is 9.78 Å². The van der Waals surface area contributed by atoms with Gasteiger partial charge in [-0.05, 0) is 95.9 Å². The number of hydrogen-bond donors (Lipinski definition) is 0. The Kier molecular flexibility index (Phi) is 8.97. The van der Waals surface area contributed by atoms with E-state index in [1.807, 2.05) is 62.1 Å². The second-order valence-corrected chi connectivity index (χ2v) is 14.0. The zero-order chi connectivity index (χ0) is 30.0. The molecule has 0 bridgehead atoms. The van der Waals surface area contributed by atoms with Gasteiger partial charge >= 0.3 is 6.09 Å². The van der Waals surface area contributed by atoms with Crippen molar-refractivity contribution in [3.63, 3.8) is 0 Å². The van der Waals surface area contributed by atoms with Crippen LogP contribution in [0.25, 0.3) is 5.70 Å². The third-order valence-electron chi connectivity index (χ3n) is 8.34. The molecule has 0 saturated carbocycles. The minimum Gasteiger partial charge on any atom is -0.473 e. The summed E-state index contributed by atoms with van der Waals surface area (Å²) in [5.41, 5.74) is 7.78. The van der Waals surface area contributed by atoms with Crippen LogP contribution in [0.2, 0.25) is 0 Å². The molecule has 0 N–H and O–H groups in total. The Balaban J connectivity index is 1.25. The Hall–Kier alpha value is -3.32. The van der Waals surface area contributed by atoms with Crippen molar-refractivity contribution in [3.05, 3.63) is 86.2 Å². The van der Waals surface area contributed by atoms with Gasteiger partial charge in [-0.2, -0.15) is 0 Å². The highest BCUT2D eigenvalue weighted by atomic mass is 32.1. The zero-order valence-corrected chi connectivity index (χ0v) is 26.9. The standard InChI is InChI=1S/C35H45N3O3S/c1-23-19-24(2)36-33(40-22-28-11-9-8-10-12-28)29(23)21-38-18-15-30-32(26(38)4)25(3)31(42-30)20-27-13-16-37(17-14-27)34(39)41-35(5,6)7/h8-12,19,27H,4,13-18,20-22H2,1-3,5-7H3. The van der Waals surface area contributed by atoms with Crippen molar-refractivity contribution in [3.8, 4) is 5.88 Å². The number of pyridine rings is 1. The summed E-state index contributed by atoms with van der Waals surface area (Å²) in [5, 5.41) is 0. The molecule has 42 heavy (non-hydrogen) atoms. The maximum Gasteiger partial charge on any atom is 0.410 e. The molecule has 224 valence electrons. The smallest absolute Gasteiger partial charge is 0.410 e. The fourth-order valence-corrected chi connectivity index (χ4v) is 7.48. The van der Waals surface area contributed by atoms with E-state index in [9.17, 15) is 4.79 Å². The normalized spacial score (nSPS) is 16.0. The maximum atomic E-state index is 12.5. The van der Waals surface area contributed by atoms with E-state index in [-0.39, 0.29) is 6.09 Å². The Bertz CT molecular complexity index is 1430. The zero-order valence-electron chi connectivity index (χ0n) is 26.1. The molecule has 7 heteroatoms. The summed E-state index contributed by atoms with van der Waals surface area (Å²) in [6.07, 6.45) is 3.93. The molecule has 0 unspecified atom stereocenters. The highest BCUT2D eigenvalue weighted by Gasteiger charge is 2.30. The van der Waals surface area contributed by atoms with E-state index < -0.39 is 5.60 Å². The quantitative estimate of drug-likeness (QED) is 0.282. The number of aryl methyl sites for hydroxylation is 2. The van der Waals surface area contributed by atoms with Crippen LogP contribution in [0.5, 0.6) is 5.88 Å². The molecule has 2 aromatic heterocycles. The van der Waals surface area contributed by atoms with Crippen LogP contribution < -0.4 is 4.74 Å². The lowest BCUT2D eigenvalue weighted by Crippen LogP contribution is -2.42. The van der Waals surface area contributed by atoms with Crippen LogP contribution in [-0.2, 0) is 30.7 Å². The van der Waals surface area contributed by atoms with Gasteiger partial charge in [0.25, 0.3) is 0 Å². The number of rotatable bonds is 7. The van der Waals surface area contributed by atoms with Gasteiger partial charge < -0.3 is 19.3 Å². The molecule has 6 nitrogen and oxygen atoms in total. The molecule has 1 amide bonds. The predicted molar refractivity (Wildman–Crippen MR) is 171 cm³/mol. The summed E-state index contributed by atoms with van der Waals surface area (Å²) >= 11 is 1.97. The van der Waals surface area contributed by atoms with E-state index in [2.05, 4.69) is 43.5 Å². The molecule has 1 fully saturated rings. The Morgan fingerprint density at radius 3 is 2.50 bits per heavy atom. The number of carbonyl (C=O) groups excluding carboxylic acids is 1. The molecule has 2 aliphatic rings. The Morgan fingerprint density at radius 2 is 1.81 bits per heavy atom. The molecule has 3 aromatic rings. The van der Waals surface area contributed by atoms with Crippen molar-refractivity contribution in [2.75, 3.05) is 19.6 Å². The van der Waals surface area contributed by atoms with E-state index >= 15 is 0 Å². The van der Waals surface area contributed by atoms with Gasteiger partial charge in [0.1, 0.15) is 12.2 Å². The number of amides is 1. The first kappa shape index (κ1) is 30.1. The minimum atomic E-state index is -0.456. The molecule has 0 aliphatic carbocycles. The van der Waals surface area contributed by atoms with Crippen molar-refractivity contribution < 1.29 is 14.3 Å². The Morgan fingerprint density at radius 1 is 1.10 bits per heavy atom. The predicted octanol–water partition coefficient (Wildman–Crippen LogP) is 7.87. The third kappa shape index (κ3) is 7.00. The lowest BCUT2D eigenvalue weighted by atomic mass is 9.91. The molecule has 1 saturated heterocycles. The van der Waals surface area contributed by atoms with E-state index in [0.717, 1.165) is 80.3 Å². The van der Waals surface area contributed by atoms with Gasteiger partial charge in [-0.1, -0.05) is 36.9 Å². The van der Waals surface area contributed by atoms with E-state index in [0.29, 0.717) is 12.5 Å². The van der Waals surface area contributed by atoms with Crippen LogP contribution >= 0.6 is 11.3 Å². The van der Waals surface area contributed by atoms with Gasteiger partial charge in [-0.3, -0.25) is 0 Å². The van der Waals surface area contributed by atoms with Crippen LogP contribution in [0.15, 0.2) is 43.0 Å². The monoisotopic (exact) mass is 587 g/mol. The molecule has 0 radical (unpaired) electrons. The summed E-state index contributed by atoms with van der Waals surface area (Å²) in [7, 11) is 0. The summed E-state index contributed by atoms with van der Waals surface area (Å²) in [6.45, 7) is 20.5. The van der Waals surface area contributed by atoms with Crippen LogP contribution in [0.4, 0.5) is 4.79 Å². The van der Waals surface area contributed by atoms with Gasteiger partial charge in [0, 0.05) is 58.5 Å². The summed E-state index contributed by atoms with van der Waals surface area (Å²) < 4.78 is 11.9. The van der Waals surface area contributed by atoms with Crippen LogP contribution in [0.1, 0.15) is 76.9 Å². The number of benzene rings is 1. The SMILES string of the molecule is C=C1c2c(sc(CC3CCN(C(=O)OC(C)(C)C)CC3)c2C)CCN1Cc1c(C)cc(C)nc1OCc1ccccc1. The van der Waals surface area contributed by atoms with Crippen molar-refractivity contribution in [1.82, 2.24) is 14.8 Å². The molecule has 2 aliphatic heterocycles. The third-order valence-corrected chi connectivity index (χ3v) is 9.72. The highest BCUT2D eigenvalue weighted by molar-refractivity contribution is 7.12. The second kappa shape index (κ2) is 12.5. The number of hydrogen-bond acceptors (Lipinski definition) is 6. The van der Waals surface area contributed by atoms with Gasteiger partial charge in [0.15, 0.2) is 0 Å². The second-order valence-electron chi connectivity index (χ2n) is 12.8. The molecule has 4 heterocycles. The molecule has 0 spiro atoms. The summed E-state index contributed by atoms with van der Waals surface area (Å²) in [4.78, 5) is 24.5. The lowest BCUT2D eigenvalue weighted by Gasteiger charge is -2.33. The molecule has 1 aromatic carbocycles. The first-order valence-electron chi connectivity index (χ1n) is 15.2. The number of ether oxygens (including phenoxy) is 2. The average Bonchev–Trinajstić information content (AvgIpc) is 3.25.